The van der Waals surface area contributed by atoms with Gasteiger partial charge in [0.25, 0.3) is 5.89 Å². The Bertz CT molecular complexity index is 856. The third-order valence-electron chi connectivity index (χ3n) is 3.51. The summed E-state index contributed by atoms with van der Waals surface area (Å²) < 4.78 is 15.9. The molecule has 3 rings (SSSR count). The first-order chi connectivity index (χ1) is 12.2. The van der Waals surface area contributed by atoms with E-state index in [1.807, 2.05) is 50.2 Å². The zero-order valence-electron chi connectivity index (χ0n) is 14.1. The Hall–Kier alpha value is -3.15. The number of nitrogens with zero attached hydrogens (tertiary/aromatic N) is 2. The molecule has 6 heteroatoms. The Morgan fingerprint density at radius 2 is 1.88 bits per heavy atom. The summed E-state index contributed by atoms with van der Waals surface area (Å²) >= 11 is 0. The zero-order chi connectivity index (χ0) is 17.6. The SMILES string of the molecule is CCOc1ccccc1-c1noc(COC(=O)c2ccc(C)cc2)n1. The number of ether oxygens (including phenoxy) is 2. The molecule has 0 unspecified atom stereocenters. The molecule has 0 saturated carbocycles. The Morgan fingerprint density at radius 3 is 2.64 bits per heavy atom. The van der Waals surface area contributed by atoms with E-state index in [4.69, 9.17) is 14.0 Å². The van der Waals surface area contributed by atoms with Crippen LogP contribution in [0.15, 0.2) is 53.1 Å². The van der Waals surface area contributed by atoms with Crippen LogP contribution in [0.5, 0.6) is 5.75 Å². The first-order valence-electron chi connectivity index (χ1n) is 7.96. The van der Waals surface area contributed by atoms with Gasteiger partial charge in [-0.05, 0) is 38.1 Å². The summed E-state index contributed by atoms with van der Waals surface area (Å²) in [7, 11) is 0. The molecule has 3 aromatic rings. The molecule has 6 nitrogen and oxygen atoms in total. The minimum atomic E-state index is -0.436. The van der Waals surface area contributed by atoms with Gasteiger partial charge in [-0.2, -0.15) is 4.98 Å². The van der Waals surface area contributed by atoms with Crippen LogP contribution in [-0.2, 0) is 11.3 Å². The van der Waals surface area contributed by atoms with Crippen molar-refractivity contribution in [2.24, 2.45) is 0 Å². The maximum Gasteiger partial charge on any atom is 0.338 e. The molecule has 2 aromatic carbocycles. The van der Waals surface area contributed by atoms with Crippen LogP contribution in [0.2, 0.25) is 0 Å². The summed E-state index contributed by atoms with van der Waals surface area (Å²) in [4.78, 5) is 16.3. The third-order valence-corrected chi connectivity index (χ3v) is 3.51. The van der Waals surface area contributed by atoms with E-state index in [0.29, 0.717) is 23.7 Å². The first kappa shape index (κ1) is 16.7. The summed E-state index contributed by atoms with van der Waals surface area (Å²) in [6.45, 7) is 4.31. The van der Waals surface area contributed by atoms with Gasteiger partial charge in [-0.25, -0.2) is 4.79 Å². The minimum absolute atomic E-state index is 0.0868. The second kappa shape index (κ2) is 7.61. The lowest BCUT2D eigenvalue weighted by atomic mass is 10.1. The highest BCUT2D eigenvalue weighted by atomic mass is 16.6. The topological polar surface area (TPSA) is 74.5 Å². The molecule has 0 aliphatic heterocycles. The van der Waals surface area contributed by atoms with Crippen LogP contribution in [0, 0.1) is 6.92 Å². The van der Waals surface area contributed by atoms with Gasteiger partial charge in [0, 0.05) is 0 Å². The van der Waals surface area contributed by atoms with E-state index in [1.54, 1.807) is 12.1 Å². The van der Waals surface area contributed by atoms with Crippen LogP contribution in [-0.4, -0.2) is 22.7 Å². The number of rotatable bonds is 6. The van der Waals surface area contributed by atoms with Gasteiger partial charge in [0.1, 0.15) is 5.75 Å². The summed E-state index contributed by atoms with van der Waals surface area (Å²) in [5, 5.41) is 3.93. The monoisotopic (exact) mass is 338 g/mol. The van der Waals surface area contributed by atoms with Gasteiger partial charge in [0.05, 0.1) is 17.7 Å². The number of carbonyl (C=O) groups excluding carboxylic acids is 1. The van der Waals surface area contributed by atoms with Crippen molar-refractivity contribution in [3.63, 3.8) is 0 Å². The van der Waals surface area contributed by atoms with Crippen molar-refractivity contribution in [3.8, 4) is 17.1 Å². The average molecular weight is 338 g/mol. The molecule has 0 atom stereocenters. The first-order valence-corrected chi connectivity index (χ1v) is 7.96. The second-order valence-electron chi connectivity index (χ2n) is 5.38. The molecule has 0 aliphatic rings. The predicted octanol–water partition coefficient (Wildman–Crippen LogP) is 3.80. The Kier molecular flexibility index (Phi) is 5.09. The van der Waals surface area contributed by atoms with Gasteiger partial charge in [-0.3, -0.25) is 0 Å². The predicted molar refractivity (Wildman–Crippen MR) is 91.2 cm³/mol. The lowest BCUT2D eigenvalue weighted by Gasteiger charge is -2.06. The van der Waals surface area contributed by atoms with Gasteiger partial charge < -0.3 is 14.0 Å². The summed E-state index contributed by atoms with van der Waals surface area (Å²) in [6.07, 6.45) is 0. The van der Waals surface area contributed by atoms with Gasteiger partial charge in [0.15, 0.2) is 6.61 Å². The highest BCUT2D eigenvalue weighted by molar-refractivity contribution is 5.89. The number of benzene rings is 2. The zero-order valence-corrected chi connectivity index (χ0v) is 14.1. The van der Waals surface area contributed by atoms with Crippen LogP contribution in [0.4, 0.5) is 0 Å². The number of hydrogen-bond donors (Lipinski definition) is 0. The van der Waals surface area contributed by atoms with Gasteiger partial charge in [-0.15, -0.1) is 0 Å². The molecule has 0 aliphatic carbocycles. The maximum atomic E-state index is 12.0. The van der Waals surface area contributed by atoms with Crippen LogP contribution in [0.1, 0.15) is 28.7 Å². The Labute approximate surface area is 145 Å². The average Bonchev–Trinajstić information content (AvgIpc) is 3.10. The molecule has 1 heterocycles. The Morgan fingerprint density at radius 1 is 1.12 bits per heavy atom. The number of carbonyl (C=O) groups is 1. The molecule has 1 aromatic heterocycles. The van der Waals surface area contributed by atoms with Crippen molar-refractivity contribution in [3.05, 3.63) is 65.5 Å². The highest BCUT2D eigenvalue weighted by Crippen LogP contribution is 2.27. The van der Waals surface area contributed by atoms with E-state index in [2.05, 4.69) is 10.1 Å². The van der Waals surface area contributed by atoms with E-state index >= 15 is 0 Å². The van der Waals surface area contributed by atoms with Crippen molar-refractivity contribution in [2.45, 2.75) is 20.5 Å². The van der Waals surface area contributed by atoms with Crippen LogP contribution < -0.4 is 4.74 Å². The molecule has 0 N–H and O–H groups in total. The fourth-order valence-corrected chi connectivity index (χ4v) is 2.26. The molecule has 0 saturated heterocycles. The molecule has 0 amide bonds. The van der Waals surface area contributed by atoms with Gasteiger partial charge >= 0.3 is 5.97 Å². The number of hydrogen-bond acceptors (Lipinski definition) is 6. The van der Waals surface area contributed by atoms with Crippen LogP contribution >= 0.6 is 0 Å². The molecular formula is C19H18N2O4. The van der Waals surface area contributed by atoms with E-state index in [0.717, 1.165) is 11.1 Å². The largest absolute Gasteiger partial charge is 0.493 e. The molecule has 0 bridgehead atoms. The van der Waals surface area contributed by atoms with E-state index in [9.17, 15) is 4.79 Å². The maximum absolute atomic E-state index is 12.0. The molecule has 0 spiro atoms. The molecule has 25 heavy (non-hydrogen) atoms. The Balaban J connectivity index is 1.68. The molecule has 0 fully saturated rings. The summed E-state index contributed by atoms with van der Waals surface area (Å²) in [5.41, 5.74) is 2.28. The number of para-hydroxylation sites is 1. The highest BCUT2D eigenvalue weighted by Gasteiger charge is 2.15. The van der Waals surface area contributed by atoms with Crippen molar-refractivity contribution in [1.29, 1.82) is 0 Å². The number of aryl methyl sites for hydroxylation is 1. The molecule has 0 radical (unpaired) electrons. The van der Waals surface area contributed by atoms with Crippen LogP contribution in [0.25, 0.3) is 11.4 Å². The smallest absolute Gasteiger partial charge is 0.338 e. The number of esters is 1. The summed E-state index contributed by atoms with van der Waals surface area (Å²) in [5.74, 6) is 0.857. The molecule has 128 valence electrons. The quantitative estimate of drug-likeness (QED) is 0.636. The summed E-state index contributed by atoms with van der Waals surface area (Å²) in [6, 6.07) is 14.6. The number of aromatic nitrogens is 2. The van der Waals surface area contributed by atoms with Crippen molar-refractivity contribution in [2.75, 3.05) is 6.61 Å². The van der Waals surface area contributed by atoms with E-state index in [-0.39, 0.29) is 12.5 Å². The fraction of sp³-hybridized carbons (Fsp3) is 0.211. The van der Waals surface area contributed by atoms with E-state index < -0.39 is 5.97 Å². The van der Waals surface area contributed by atoms with Crippen molar-refractivity contribution in [1.82, 2.24) is 10.1 Å². The normalized spacial score (nSPS) is 10.5. The van der Waals surface area contributed by atoms with Crippen molar-refractivity contribution < 1.29 is 18.8 Å². The molecular weight excluding hydrogens is 320 g/mol. The standard InChI is InChI=1S/C19H18N2O4/c1-3-23-16-7-5-4-6-15(16)18-20-17(25-21-18)12-24-19(22)14-10-8-13(2)9-11-14/h4-11H,3,12H2,1-2H3. The lowest BCUT2D eigenvalue weighted by molar-refractivity contribution is 0.0430. The van der Waals surface area contributed by atoms with E-state index in [1.165, 1.54) is 0 Å². The third kappa shape index (κ3) is 4.03. The van der Waals surface area contributed by atoms with Crippen LogP contribution in [0.3, 0.4) is 0 Å². The van der Waals surface area contributed by atoms with Gasteiger partial charge in [-0.1, -0.05) is 35.0 Å². The lowest BCUT2D eigenvalue weighted by Crippen LogP contribution is -2.05. The minimum Gasteiger partial charge on any atom is -0.493 e. The van der Waals surface area contributed by atoms with Gasteiger partial charge in [0.2, 0.25) is 5.82 Å². The fourth-order valence-electron chi connectivity index (χ4n) is 2.26. The van der Waals surface area contributed by atoms with Crippen molar-refractivity contribution >= 4 is 5.97 Å². The second-order valence-corrected chi connectivity index (χ2v) is 5.38.